The summed E-state index contributed by atoms with van der Waals surface area (Å²) >= 11 is 0. The first-order valence-corrected chi connectivity index (χ1v) is 11.5. The van der Waals surface area contributed by atoms with Crippen LogP contribution < -0.4 is 4.74 Å². The first-order chi connectivity index (χ1) is 13.8. The van der Waals surface area contributed by atoms with E-state index in [1.54, 1.807) is 7.11 Å². The Morgan fingerprint density at radius 1 is 0.786 bits per heavy atom. The third-order valence-corrected chi connectivity index (χ3v) is 5.37. The topological polar surface area (TPSA) is 35.5 Å². The fraction of sp³-hybridized carbons (Fsp3) is 0.720. The van der Waals surface area contributed by atoms with Gasteiger partial charge in [-0.1, -0.05) is 96.1 Å². The summed E-state index contributed by atoms with van der Waals surface area (Å²) in [5.74, 6) is 0.680. The van der Waals surface area contributed by atoms with Gasteiger partial charge in [0, 0.05) is 7.11 Å². The van der Waals surface area contributed by atoms with E-state index >= 15 is 0 Å². The zero-order chi connectivity index (χ0) is 20.3. The molecule has 160 valence electrons. The number of aldehydes is 1. The Kier molecular flexibility index (Phi) is 15.6. The van der Waals surface area contributed by atoms with Gasteiger partial charge in [-0.25, -0.2) is 0 Å². The van der Waals surface area contributed by atoms with Crippen LogP contribution in [0.2, 0.25) is 0 Å². The molecule has 3 heteroatoms. The summed E-state index contributed by atoms with van der Waals surface area (Å²) in [4.78, 5) is 11.5. The molecule has 0 fully saturated rings. The minimum atomic E-state index is 0.472. The molecule has 0 amide bonds. The summed E-state index contributed by atoms with van der Waals surface area (Å²) in [6.45, 7) is 3.28. The van der Waals surface area contributed by atoms with Gasteiger partial charge < -0.3 is 9.47 Å². The van der Waals surface area contributed by atoms with E-state index in [4.69, 9.17) is 9.47 Å². The van der Waals surface area contributed by atoms with Crippen LogP contribution in [0.1, 0.15) is 106 Å². The van der Waals surface area contributed by atoms with Crippen molar-refractivity contribution in [2.24, 2.45) is 0 Å². The number of rotatable bonds is 19. The number of benzene rings is 1. The summed E-state index contributed by atoms with van der Waals surface area (Å²) in [5, 5.41) is 0. The highest BCUT2D eigenvalue weighted by Gasteiger charge is 2.08. The summed E-state index contributed by atoms with van der Waals surface area (Å²) in [6, 6.07) is 5.90. The quantitative estimate of drug-likeness (QED) is 0.186. The van der Waals surface area contributed by atoms with Gasteiger partial charge in [0.15, 0.2) is 6.29 Å². The molecule has 0 saturated carbocycles. The molecule has 1 aromatic carbocycles. The SMILES string of the molecule is CCCCCCCCCCCCCCCc1cccc(OCCOC)c1C=O. The van der Waals surface area contributed by atoms with Gasteiger partial charge in [-0.2, -0.15) is 0 Å². The Balaban J connectivity index is 2.09. The van der Waals surface area contributed by atoms with Crippen molar-refractivity contribution in [3.63, 3.8) is 0 Å². The van der Waals surface area contributed by atoms with Crippen LogP contribution in [0.5, 0.6) is 5.75 Å². The Hall–Kier alpha value is -1.35. The van der Waals surface area contributed by atoms with Gasteiger partial charge in [-0.05, 0) is 24.5 Å². The summed E-state index contributed by atoms with van der Waals surface area (Å²) in [7, 11) is 1.65. The number of hydrogen-bond donors (Lipinski definition) is 0. The highest BCUT2D eigenvalue weighted by molar-refractivity contribution is 5.81. The van der Waals surface area contributed by atoms with E-state index in [9.17, 15) is 4.79 Å². The average molecular weight is 391 g/mol. The van der Waals surface area contributed by atoms with Crippen LogP contribution in [0.4, 0.5) is 0 Å². The number of ether oxygens (including phenoxy) is 2. The third kappa shape index (κ3) is 11.5. The minimum absolute atomic E-state index is 0.472. The highest BCUT2D eigenvalue weighted by Crippen LogP contribution is 2.23. The van der Waals surface area contributed by atoms with Gasteiger partial charge in [-0.15, -0.1) is 0 Å². The molecule has 1 aromatic rings. The van der Waals surface area contributed by atoms with Crippen LogP contribution in [0.25, 0.3) is 0 Å². The average Bonchev–Trinajstić information content (AvgIpc) is 2.71. The summed E-state index contributed by atoms with van der Waals surface area (Å²) in [6.07, 6.45) is 19.5. The second kappa shape index (κ2) is 17.7. The lowest BCUT2D eigenvalue weighted by Gasteiger charge is -2.11. The van der Waals surface area contributed by atoms with E-state index in [0.717, 1.165) is 24.7 Å². The lowest BCUT2D eigenvalue weighted by atomic mass is 10.00. The molecule has 1 rings (SSSR count). The Labute approximate surface area is 173 Å². The van der Waals surface area contributed by atoms with Crippen LogP contribution in [-0.2, 0) is 11.2 Å². The molecule has 0 atom stereocenters. The third-order valence-electron chi connectivity index (χ3n) is 5.37. The summed E-state index contributed by atoms with van der Waals surface area (Å²) < 4.78 is 10.7. The van der Waals surface area contributed by atoms with E-state index in [2.05, 4.69) is 6.92 Å². The van der Waals surface area contributed by atoms with Crippen molar-refractivity contribution >= 4 is 6.29 Å². The number of aryl methyl sites for hydroxylation is 1. The molecular formula is C25H42O3. The molecule has 0 radical (unpaired) electrons. The smallest absolute Gasteiger partial charge is 0.154 e. The molecule has 0 aliphatic carbocycles. The molecule has 0 aromatic heterocycles. The van der Waals surface area contributed by atoms with Crippen molar-refractivity contribution in [1.82, 2.24) is 0 Å². The van der Waals surface area contributed by atoms with Gasteiger partial charge in [-0.3, -0.25) is 4.79 Å². The van der Waals surface area contributed by atoms with Crippen molar-refractivity contribution in [2.45, 2.75) is 96.8 Å². The molecule has 28 heavy (non-hydrogen) atoms. The second-order valence-corrected chi connectivity index (χ2v) is 7.78. The molecule has 3 nitrogen and oxygen atoms in total. The first-order valence-electron chi connectivity index (χ1n) is 11.5. The Bertz CT molecular complexity index is 499. The predicted molar refractivity (Wildman–Crippen MR) is 119 cm³/mol. The molecular weight excluding hydrogens is 348 g/mol. The predicted octanol–water partition coefficient (Wildman–Crippen LogP) is 7.16. The molecule has 0 aliphatic heterocycles. The summed E-state index contributed by atoms with van der Waals surface area (Å²) in [5.41, 5.74) is 1.81. The zero-order valence-corrected chi connectivity index (χ0v) is 18.3. The first kappa shape index (κ1) is 24.7. The maximum atomic E-state index is 11.5. The van der Waals surface area contributed by atoms with Crippen LogP contribution in [-0.4, -0.2) is 26.6 Å². The van der Waals surface area contributed by atoms with Crippen molar-refractivity contribution in [2.75, 3.05) is 20.3 Å². The fourth-order valence-electron chi connectivity index (χ4n) is 3.64. The normalized spacial score (nSPS) is 10.9. The maximum Gasteiger partial charge on any atom is 0.154 e. The molecule has 0 aliphatic rings. The number of carbonyl (C=O) groups excluding carboxylic acids is 1. The monoisotopic (exact) mass is 390 g/mol. The van der Waals surface area contributed by atoms with Gasteiger partial charge in [0.05, 0.1) is 12.2 Å². The number of methoxy groups -OCH3 is 1. The fourth-order valence-corrected chi connectivity index (χ4v) is 3.64. The number of hydrogen-bond acceptors (Lipinski definition) is 3. The minimum Gasteiger partial charge on any atom is -0.490 e. The lowest BCUT2D eigenvalue weighted by Crippen LogP contribution is -2.07. The molecule has 0 heterocycles. The number of unbranched alkanes of at least 4 members (excludes halogenated alkanes) is 12. The van der Waals surface area contributed by atoms with Crippen molar-refractivity contribution in [1.29, 1.82) is 0 Å². The molecule has 0 saturated heterocycles. The van der Waals surface area contributed by atoms with Gasteiger partial charge in [0.1, 0.15) is 12.4 Å². The van der Waals surface area contributed by atoms with E-state index in [0.29, 0.717) is 24.5 Å². The van der Waals surface area contributed by atoms with E-state index in [1.807, 2.05) is 18.2 Å². The van der Waals surface area contributed by atoms with Crippen LogP contribution in [0.3, 0.4) is 0 Å². The van der Waals surface area contributed by atoms with E-state index in [1.165, 1.54) is 77.0 Å². The maximum absolute atomic E-state index is 11.5. The van der Waals surface area contributed by atoms with Crippen LogP contribution >= 0.6 is 0 Å². The van der Waals surface area contributed by atoms with E-state index in [-0.39, 0.29) is 0 Å². The zero-order valence-electron chi connectivity index (χ0n) is 18.3. The second-order valence-electron chi connectivity index (χ2n) is 7.78. The van der Waals surface area contributed by atoms with Gasteiger partial charge in [0.25, 0.3) is 0 Å². The van der Waals surface area contributed by atoms with Crippen molar-refractivity contribution < 1.29 is 14.3 Å². The van der Waals surface area contributed by atoms with Gasteiger partial charge >= 0.3 is 0 Å². The lowest BCUT2D eigenvalue weighted by molar-refractivity contribution is 0.111. The van der Waals surface area contributed by atoms with E-state index < -0.39 is 0 Å². The molecule has 0 N–H and O–H groups in total. The van der Waals surface area contributed by atoms with Crippen LogP contribution in [0.15, 0.2) is 18.2 Å². The largest absolute Gasteiger partial charge is 0.490 e. The Morgan fingerprint density at radius 2 is 1.36 bits per heavy atom. The Morgan fingerprint density at radius 3 is 1.89 bits per heavy atom. The number of carbonyl (C=O) groups is 1. The standard InChI is InChI=1S/C25H42O3/c1-3-4-5-6-7-8-9-10-11-12-13-14-15-17-23-18-16-19-25(24(23)22-26)28-21-20-27-2/h16,18-19,22H,3-15,17,20-21H2,1-2H3. The van der Waals surface area contributed by atoms with Crippen LogP contribution in [0, 0.1) is 0 Å². The highest BCUT2D eigenvalue weighted by atomic mass is 16.5. The molecule has 0 spiro atoms. The van der Waals surface area contributed by atoms with Crippen molar-refractivity contribution in [3.05, 3.63) is 29.3 Å². The van der Waals surface area contributed by atoms with Gasteiger partial charge in [0.2, 0.25) is 0 Å². The van der Waals surface area contributed by atoms with Crippen molar-refractivity contribution in [3.8, 4) is 5.75 Å². The molecule has 0 unspecified atom stereocenters. The molecule has 0 bridgehead atoms.